The van der Waals surface area contributed by atoms with E-state index >= 15 is 0 Å². The topological polar surface area (TPSA) is 46.2 Å². The normalized spacial score (nSPS) is 13.2. The molecule has 1 aromatic rings. The Morgan fingerprint density at radius 2 is 1.87 bits per heavy atom. The van der Waals surface area contributed by atoms with Crippen molar-refractivity contribution in [3.63, 3.8) is 0 Å². The quantitative estimate of drug-likeness (QED) is 0.803. The Bertz CT molecular complexity index is 325. The molecule has 0 saturated carbocycles. The number of nitrogens with two attached hydrogens (primary N) is 1. The van der Waals surface area contributed by atoms with Crippen LogP contribution in [0.4, 0.5) is 4.39 Å². The van der Waals surface area contributed by atoms with Crippen LogP contribution in [0.5, 0.6) is 0 Å². The van der Waals surface area contributed by atoms with Crippen LogP contribution < -0.4 is 5.73 Å². The fraction of sp³-hybridized carbons (Fsp3) is 0.500. The van der Waals surface area contributed by atoms with Crippen LogP contribution in [-0.4, -0.2) is 11.7 Å². The third-order valence-corrected chi connectivity index (χ3v) is 2.43. The Hall–Kier alpha value is -0.930. The standard InChI is InChI=1S/C12H18FNO/c1-8(2)9-5-10(7-11(13)6-9)12(15)3-4-14/h5-8,12,15H,3-4,14H2,1-2H3. The monoisotopic (exact) mass is 211 g/mol. The summed E-state index contributed by atoms with van der Waals surface area (Å²) < 4.78 is 13.2. The fourth-order valence-corrected chi connectivity index (χ4v) is 1.49. The van der Waals surface area contributed by atoms with Crippen LogP contribution >= 0.6 is 0 Å². The van der Waals surface area contributed by atoms with Crippen molar-refractivity contribution in [1.29, 1.82) is 0 Å². The maximum Gasteiger partial charge on any atom is 0.123 e. The molecule has 0 bridgehead atoms. The van der Waals surface area contributed by atoms with Crippen LogP contribution in [-0.2, 0) is 0 Å². The first-order valence-electron chi connectivity index (χ1n) is 5.23. The molecule has 0 heterocycles. The molecule has 0 aliphatic carbocycles. The number of aliphatic hydroxyl groups is 1. The van der Waals surface area contributed by atoms with E-state index in [1.807, 2.05) is 19.9 Å². The summed E-state index contributed by atoms with van der Waals surface area (Å²) in [6, 6.07) is 4.71. The van der Waals surface area contributed by atoms with Crippen LogP contribution in [0.2, 0.25) is 0 Å². The molecule has 84 valence electrons. The molecule has 0 saturated heterocycles. The highest BCUT2D eigenvalue weighted by atomic mass is 19.1. The van der Waals surface area contributed by atoms with E-state index in [-0.39, 0.29) is 11.7 Å². The Kier molecular flexibility index (Phi) is 4.24. The van der Waals surface area contributed by atoms with E-state index in [4.69, 9.17) is 5.73 Å². The first-order valence-corrected chi connectivity index (χ1v) is 5.23. The first kappa shape index (κ1) is 12.1. The molecule has 0 aromatic heterocycles. The lowest BCUT2D eigenvalue weighted by Gasteiger charge is -2.13. The maximum absolute atomic E-state index is 13.2. The second-order valence-electron chi connectivity index (χ2n) is 4.07. The number of halogens is 1. The molecule has 2 nitrogen and oxygen atoms in total. The van der Waals surface area contributed by atoms with Gasteiger partial charge in [-0.2, -0.15) is 0 Å². The molecule has 1 atom stereocenters. The number of benzene rings is 1. The highest BCUT2D eigenvalue weighted by Crippen LogP contribution is 2.23. The molecule has 1 rings (SSSR count). The molecule has 0 radical (unpaired) electrons. The molecule has 0 aliphatic heterocycles. The minimum absolute atomic E-state index is 0.254. The van der Waals surface area contributed by atoms with Crippen molar-refractivity contribution < 1.29 is 9.50 Å². The van der Waals surface area contributed by atoms with Gasteiger partial charge in [0, 0.05) is 0 Å². The summed E-state index contributed by atoms with van der Waals surface area (Å²) in [5.74, 6) is -0.0446. The van der Waals surface area contributed by atoms with Crippen LogP contribution in [0.1, 0.15) is 43.4 Å². The second kappa shape index (κ2) is 5.24. The third-order valence-electron chi connectivity index (χ3n) is 2.43. The number of rotatable bonds is 4. The van der Waals surface area contributed by atoms with Gasteiger partial charge in [0.25, 0.3) is 0 Å². The minimum Gasteiger partial charge on any atom is -0.388 e. The zero-order chi connectivity index (χ0) is 11.4. The first-order chi connectivity index (χ1) is 7.04. The summed E-state index contributed by atoms with van der Waals surface area (Å²) in [5, 5.41) is 9.70. The SMILES string of the molecule is CC(C)c1cc(F)cc(C(O)CCN)c1. The van der Waals surface area contributed by atoms with Crippen molar-refractivity contribution in [1.82, 2.24) is 0 Å². The van der Waals surface area contributed by atoms with Crippen molar-refractivity contribution in [2.24, 2.45) is 5.73 Å². The maximum atomic E-state index is 13.2. The summed E-state index contributed by atoms with van der Waals surface area (Å²) in [7, 11) is 0. The summed E-state index contributed by atoms with van der Waals surface area (Å²) >= 11 is 0. The van der Waals surface area contributed by atoms with Gasteiger partial charge in [-0.05, 0) is 42.1 Å². The van der Waals surface area contributed by atoms with Crippen molar-refractivity contribution >= 4 is 0 Å². The molecule has 15 heavy (non-hydrogen) atoms. The van der Waals surface area contributed by atoms with E-state index in [1.165, 1.54) is 12.1 Å². The van der Waals surface area contributed by atoms with Gasteiger partial charge in [0.15, 0.2) is 0 Å². The smallest absolute Gasteiger partial charge is 0.123 e. The van der Waals surface area contributed by atoms with Crippen LogP contribution in [0, 0.1) is 5.82 Å². The molecule has 0 spiro atoms. The Balaban J connectivity index is 2.98. The van der Waals surface area contributed by atoms with Gasteiger partial charge in [0.05, 0.1) is 6.10 Å². The van der Waals surface area contributed by atoms with Gasteiger partial charge in [-0.1, -0.05) is 19.9 Å². The molecular weight excluding hydrogens is 193 g/mol. The lowest BCUT2D eigenvalue weighted by molar-refractivity contribution is 0.170. The molecular formula is C12H18FNO. The zero-order valence-corrected chi connectivity index (χ0v) is 9.20. The van der Waals surface area contributed by atoms with Crippen LogP contribution in [0.3, 0.4) is 0 Å². The van der Waals surface area contributed by atoms with Gasteiger partial charge in [-0.25, -0.2) is 4.39 Å². The van der Waals surface area contributed by atoms with Crippen molar-refractivity contribution in [3.8, 4) is 0 Å². The van der Waals surface area contributed by atoms with Crippen LogP contribution in [0.25, 0.3) is 0 Å². The van der Waals surface area contributed by atoms with Gasteiger partial charge in [0.2, 0.25) is 0 Å². The number of hydrogen-bond acceptors (Lipinski definition) is 2. The summed E-state index contributed by atoms with van der Waals surface area (Å²) in [4.78, 5) is 0. The average Bonchev–Trinajstić information content (AvgIpc) is 2.17. The predicted octanol–water partition coefficient (Wildman–Crippen LogP) is 2.33. The van der Waals surface area contributed by atoms with E-state index in [0.717, 1.165) is 5.56 Å². The lowest BCUT2D eigenvalue weighted by Crippen LogP contribution is -2.07. The highest BCUT2D eigenvalue weighted by Gasteiger charge is 2.10. The largest absolute Gasteiger partial charge is 0.388 e. The fourth-order valence-electron chi connectivity index (χ4n) is 1.49. The molecule has 0 fully saturated rings. The van der Waals surface area contributed by atoms with E-state index < -0.39 is 6.10 Å². The number of aliphatic hydroxyl groups excluding tert-OH is 1. The molecule has 0 aliphatic rings. The van der Waals surface area contributed by atoms with E-state index in [9.17, 15) is 9.50 Å². The van der Waals surface area contributed by atoms with Gasteiger partial charge in [0.1, 0.15) is 5.82 Å². The second-order valence-corrected chi connectivity index (χ2v) is 4.07. The van der Waals surface area contributed by atoms with Crippen molar-refractivity contribution in [3.05, 3.63) is 35.1 Å². The Labute approximate surface area is 89.9 Å². The Morgan fingerprint density at radius 3 is 2.40 bits per heavy atom. The van der Waals surface area contributed by atoms with Crippen molar-refractivity contribution in [2.75, 3.05) is 6.54 Å². The van der Waals surface area contributed by atoms with E-state index in [2.05, 4.69) is 0 Å². The molecule has 1 aromatic carbocycles. The minimum atomic E-state index is -0.664. The van der Waals surface area contributed by atoms with Gasteiger partial charge < -0.3 is 10.8 Å². The highest BCUT2D eigenvalue weighted by molar-refractivity contribution is 5.28. The molecule has 0 amide bonds. The molecule has 1 unspecified atom stereocenters. The average molecular weight is 211 g/mol. The van der Waals surface area contributed by atoms with Gasteiger partial charge in [-0.15, -0.1) is 0 Å². The summed E-state index contributed by atoms with van der Waals surface area (Å²) in [5.41, 5.74) is 6.87. The summed E-state index contributed by atoms with van der Waals surface area (Å²) in [6.45, 7) is 4.39. The van der Waals surface area contributed by atoms with Crippen molar-refractivity contribution in [2.45, 2.75) is 32.3 Å². The third kappa shape index (κ3) is 3.29. The van der Waals surface area contributed by atoms with E-state index in [1.54, 1.807) is 0 Å². The molecule has 3 heteroatoms. The number of hydrogen-bond donors (Lipinski definition) is 2. The van der Waals surface area contributed by atoms with E-state index in [0.29, 0.717) is 18.5 Å². The molecule has 3 N–H and O–H groups in total. The van der Waals surface area contributed by atoms with Crippen LogP contribution in [0.15, 0.2) is 18.2 Å². The lowest BCUT2D eigenvalue weighted by atomic mass is 9.97. The summed E-state index contributed by atoms with van der Waals surface area (Å²) in [6.07, 6.45) is -0.204. The zero-order valence-electron chi connectivity index (χ0n) is 9.20. The van der Waals surface area contributed by atoms with Gasteiger partial charge >= 0.3 is 0 Å². The van der Waals surface area contributed by atoms with Gasteiger partial charge in [-0.3, -0.25) is 0 Å². The predicted molar refractivity (Wildman–Crippen MR) is 59.1 cm³/mol. The Morgan fingerprint density at radius 1 is 1.27 bits per heavy atom.